The molecular formula is C12H10FN5OS. The minimum atomic E-state index is -0.469. The van der Waals surface area contributed by atoms with Crippen LogP contribution in [0.4, 0.5) is 9.52 Å². The second kappa shape index (κ2) is 4.89. The maximum absolute atomic E-state index is 13.3. The van der Waals surface area contributed by atoms with Crippen LogP contribution in [0.2, 0.25) is 0 Å². The average Bonchev–Trinajstić information content (AvgIpc) is 2.95. The van der Waals surface area contributed by atoms with E-state index in [1.807, 2.05) is 0 Å². The summed E-state index contributed by atoms with van der Waals surface area (Å²) in [5, 5.41) is 7.62. The van der Waals surface area contributed by atoms with Crippen molar-refractivity contribution in [1.29, 1.82) is 0 Å². The molecule has 8 heteroatoms. The molecule has 1 aromatic carbocycles. The van der Waals surface area contributed by atoms with E-state index in [0.717, 1.165) is 0 Å². The molecule has 3 aromatic rings. The number of benzene rings is 1. The number of hydrogen-bond donors (Lipinski definition) is 2. The summed E-state index contributed by atoms with van der Waals surface area (Å²) in [5.41, 5.74) is 6.43. The van der Waals surface area contributed by atoms with Crippen LogP contribution in [0.3, 0.4) is 0 Å². The molecule has 20 heavy (non-hydrogen) atoms. The van der Waals surface area contributed by atoms with Crippen molar-refractivity contribution >= 4 is 27.3 Å². The van der Waals surface area contributed by atoms with Crippen LogP contribution in [-0.2, 0) is 4.79 Å². The molecule has 0 saturated carbocycles. The van der Waals surface area contributed by atoms with E-state index in [9.17, 15) is 9.18 Å². The highest BCUT2D eigenvalue weighted by Crippen LogP contribution is 2.26. The molecule has 0 saturated heterocycles. The number of fused-ring (bicyclic) bond motifs is 1. The highest BCUT2D eigenvalue weighted by Gasteiger charge is 2.12. The summed E-state index contributed by atoms with van der Waals surface area (Å²) in [5.74, 6) is -0.789. The number of imidazole rings is 1. The van der Waals surface area contributed by atoms with Crippen molar-refractivity contribution in [3.8, 4) is 11.3 Å². The average molecular weight is 291 g/mol. The zero-order valence-electron chi connectivity index (χ0n) is 10.2. The van der Waals surface area contributed by atoms with Crippen molar-refractivity contribution in [2.45, 2.75) is 0 Å². The fraction of sp³-hybridized carbons (Fsp3) is 0.0833. The van der Waals surface area contributed by atoms with Gasteiger partial charge in [0.2, 0.25) is 16.0 Å². The van der Waals surface area contributed by atoms with Crippen molar-refractivity contribution in [2.24, 2.45) is 5.73 Å². The topological polar surface area (TPSA) is 85.3 Å². The Morgan fingerprint density at radius 2 is 2.35 bits per heavy atom. The van der Waals surface area contributed by atoms with Gasteiger partial charge in [-0.2, -0.15) is 0 Å². The Kier molecular flexibility index (Phi) is 3.07. The largest absolute Gasteiger partial charge is 0.368 e. The van der Waals surface area contributed by atoms with E-state index in [4.69, 9.17) is 5.73 Å². The Hall–Kier alpha value is -2.48. The normalized spacial score (nSPS) is 10.8. The molecule has 6 nitrogen and oxygen atoms in total. The Morgan fingerprint density at radius 1 is 1.50 bits per heavy atom. The van der Waals surface area contributed by atoms with E-state index in [0.29, 0.717) is 21.3 Å². The van der Waals surface area contributed by atoms with Gasteiger partial charge in [-0.15, -0.1) is 5.10 Å². The highest BCUT2D eigenvalue weighted by molar-refractivity contribution is 7.20. The first-order chi connectivity index (χ1) is 9.63. The number of carbonyl (C=O) groups excluding carboxylic acids is 1. The van der Waals surface area contributed by atoms with Gasteiger partial charge in [0, 0.05) is 5.56 Å². The molecular weight excluding hydrogens is 281 g/mol. The van der Waals surface area contributed by atoms with E-state index in [-0.39, 0.29) is 12.4 Å². The molecule has 0 aliphatic rings. The Balaban J connectivity index is 1.98. The van der Waals surface area contributed by atoms with Gasteiger partial charge in [-0.05, 0) is 12.1 Å². The number of amides is 1. The summed E-state index contributed by atoms with van der Waals surface area (Å²) >= 11 is 1.29. The second-order valence-electron chi connectivity index (χ2n) is 4.08. The molecule has 3 N–H and O–H groups in total. The molecule has 0 unspecified atom stereocenters. The lowest BCUT2D eigenvalue weighted by Gasteiger charge is -1.99. The van der Waals surface area contributed by atoms with Crippen LogP contribution in [0.15, 0.2) is 30.5 Å². The second-order valence-corrected chi connectivity index (χ2v) is 5.03. The summed E-state index contributed by atoms with van der Waals surface area (Å²) in [6.45, 7) is 0.00592. The van der Waals surface area contributed by atoms with Crippen molar-refractivity contribution in [2.75, 3.05) is 11.9 Å². The first kappa shape index (κ1) is 12.5. The summed E-state index contributed by atoms with van der Waals surface area (Å²) < 4.78 is 14.9. The summed E-state index contributed by atoms with van der Waals surface area (Å²) in [4.78, 5) is 15.6. The molecule has 102 valence electrons. The van der Waals surface area contributed by atoms with E-state index in [1.54, 1.807) is 22.8 Å². The molecule has 0 fully saturated rings. The Bertz CT molecular complexity index is 781. The van der Waals surface area contributed by atoms with E-state index >= 15 is 0 Å². The third-order valence-electron chi connectivity index (χ3n) is 2.62. The molecule has 0 aliphatic carbocycles. The number of rotatable bonds is 4. The van der Waals surface area contributed by atoms with Crippen molar-refractivity contribution in [3.63, 3.8) is 0 Å². The number of nitrogens with one attached hydrogen (secondary N) is 1. The van der Waals surface area contributed by atoms with Crippen LogP contribution >= 0.6 is 11.3 Å². The molecule has 0 spiro atoms. The number of carbonyl (C=O) groups is 1. The molecule has 0 atom stereocenters. The number of anilines is 1. The predicted molar refractivity (Wildman–Crippen MR) is 73.9 cm³/mol. The Labute approximate surface area is 117 Å². The van der Waals surface area contributed by atoms with Crippen LogP contribution in [0.25, 0.3) is 16.2 Å². The van der Waals surface area contributed by atoms with Gasteiger partial charge in [0.25, 0.3) is 0 Å². The van der Waals surface area contributed by atoms with Crippen LogP contribution in [0.1, 0.15) is 0 Å². The summed E-state index contributed by atoms with van der Waals surface area (Å²) in [7, 11) is 0. The molecule has 0 aliphatic heterocycles. The van der Waals surface area contributed by atoms with Crippen molar-refractivity contribution in [1.82, 2.24) is 14.6 Å². The van der Waals surface area contributed by atoms with E-state index in [1.165, 1.54) is 23.5 Å². The van der Waals surface area contributed by atoms with Gasteiger partial charge in [0.15, 0.2) is 0 Å². The quantitative estimate of drug-likeness (QED) is 0.762. The molecule has 0 bridgehead atoms. The third-order valence-corrected chi connectivity index (χ3v) is 3.50. The van der Waals surface area contributed by atoms with Crippen molar-refractivity contribution in [3.05, 3.63) is 36.3 Å². The summed E-state index contributed by atoms with van der Waals surface area (Å²) in [6, 6.07) is 6.20. The van der Waals surface area contributed by atoms with Gasteiger partial charge < -0.3 is 11.1 Å². The Morgan fingerprint density at radius 3 is 3.10 bits per heavy atom. The first-order valence-electron chi connectivity index (χ1n) is 5.76. The molecule has 2 heterocycles. The minimum absolute atomic E-state index is 0.00592. The number of halogens is 1. The zero-order chi connectivity index (χ0) is 14.1. The number of aromatic nitrogens is 3. The maximum atomic E-state index is 13.3. The number of primary amides is 1. The number of hydrogen-bond acceptors (Lipinski definition) is 5. The van der Waals surface area contributed by atoms with Crippen LogP contribution in [0, 0.1) is 5.82 Å². The third kappa shape index (κ3) is 2.32. The molecule has 0 radical (unpaired) electrons. The minimum Gasteiger partial charge on any atom is -0.368 e. The fourth-order valence-corrected chi connectivity index (χ4v) is 2.54. The smallest absolute Gasteiger partial charge is 0.236 e. The van der Waals surface area contributed by atoms with Gasteiger partial charge in [-0.1, -0.05) is 23.5 Å². The lowest BCUT2D eigenvalue weighted by molar-refractivity contribution is -0.116. The maximum Gasteiger partial charge on any atom is 0.236 e. The fourth-order valence-electron chi connectivity index (χ4n) is 1.77. The van der Waals surface area contributed by atoms with E-state index in [2.05, 4.69) is 15.4 Å². The number of nitrogens with two attached hydrogens (primary N) is 1. The lowest BCUT2D eigenvalue weighted by atomic mass is 10.2. The van der Waals surface area contributed by atoms with Crippen molar-refractivity contribution < 1.29 is 9.18 Å². The molecule has 3 rings (SSSR count). The van der Waals surface area contributed by atoms with E-state index < -0.39 is 5.91 Å². The zero-order valence-corrected chi connectivity index (χ0v) is 11.0. The van der Waals surface area contributed by atoms with Crippen LogP contribution in [-0.4, -0.2) is 27.0 Å². The van der Waals surface area contributed by atoms with Gasteiger partial charge in [0.05, 0.1) is 18.4 Å². The van der Waals surface area contributed by atoms with Gasteiger partial charge in [-0.25, -0.2) is 13.9 Å². The van der Waals surface area contributed by atoms with Crippen LogP contribution in [0.5, 0.6) is 0 Å². The lowest BCUT2D eigenvalue weighted by Crippen LogP contribution is -2.21. The first-order valence-corrected chi connectivity index (χ1v) is 6.58. The van der Waals surface area contributed by atoms with Gasteiger partial charge in [-0.3, -0.25) is 4.79 Å². The monoisotopic (exact) mass is 291 g/mol. The number of nitrogens with zero attached hydrogens (tertiary/aromatic N) is 3. The summed E-state index contributed by atoms with van der Waals surface area (Å²) in [6.07, 6.45) is 1.63. The highest BCUT2D eigenvalue weighted by atomic mass is 32.1. The van der Waals surface area contributed by atoms with Gasteiger partial charge >= 0.3 is 0 Å². The van der Waals surface area contributed by atoms with Gasteiger partial charge in [0.1, 0.15) is 5.82 Å². The SMILES string of the molecule is NC(=O)CNc1nn2c(-c3cccc(F)c3)cnc2s1. The molecule has 1 amide bonds. The molecule has 2 aromatic heterocycles. The van der Waals surface area contributed by atoms with Crippen LogP contribution < -0.4 is 11.1 Å². The standard InChI is InChI=1S/C12H10FN5OS/c13-8-3-1-2-7(4-8)9-5-16-12-18(9)17-11(20-12)15-6-10(14)19/h1-5H,6H2,(H2,14,19)(H,15,17). The predicted octanol–water partition coefficient (Wildman–Crippen LogP) is 1.49.